The Morgan fingerprint density at radius 1 is 1.17 bits per heavy atom. The monoisotopic (exact) mass is 390 g/mol. The van der Waals surface area contributed by atoms with Gasteiger partial charge in [-0.1, -0.05) is 24.3 Å². The molecule has 2 aromatic heterocycles. The van der Waals surface area contributed by atoms with Crippen molar-refractivity contribution in [3.05, 3.63) is 77.6 Å². The maximum Gasteiger partial charge on any atom is 0.357 e. The van der Waals surface area contributed by atoms with Gasteiger partial charge in [-0.25, -0.2) is 14.2 Å². The predicted molar refractivity (Wildman–Crippen MR) is 102 cm³/mol. The number of ether oxygens (including phenoxy) is 1. The topological polar surface area (TPSA) is 95.7 Å². The number of para-hydroxylation sites is 2. The normalized spacial score (nSPS) is 11.6. The summed E-state index contributed by atoms with van der Waals surface area (Å²) in [5.74, 6) is -0.721. The minimum Gasteiger partial charge on any atom is -0.454 e. The first-order chi connectivity index (χ1) is 14.1. The third-order valence-corrected chi connectivity index (χ3v) is 4.06. The summed E-state index contributed by atoms with van der Waals surface area (Å²) in [6.07, 6.45) is 3.01. The molecule has 4 aromatic rings. The van der Waals surface area contributed by atoms with E-state index in [0.717, 1.165) is 5.52 Å². The molecule has 9 heteroatoms. The van der Waals surface area contributed by atoms with Crippen LogP contribution >= 0.6 is 0 Å². The molecule has 0 unspecified atom stereocenters. The number of halogens is 1. The zero-order valence-electron chi connectivity index (χ0n) is 15.4. The van der Waals surface area contributed by atoms with Crippen LogP contribution in [0.4, 0.5) is 4.39 Å². The highest BCUT2D eigenvalue weighted by Crippen LogP contribution is 2.16. The second kappa shape index (κ2) is 7.93. The van der Waals surface area contributed by atoms with Crippen molar-refractivity contribution in [2.24, 2.45) is 0 Å². The third kappa shape index (κ3) is 4.13. The largest absolute Gasteiger partial charge is 0.454 e. The fourth-order valence-electron chi connectivity index (χ4n) is 2.69. The number of carbonyl (C=O) groups excluding carboxylic acids is 1. The molecule has 0 aliphatic rings. The molecule has 0 fully saturated rings. The van der Waals surface area contributed by atoms with Crippen molar-refractivity contribution in [3.8, 4) is 0 Å². The number of carbonyl (C=O) groups is 1. The summed E-state index contributed by atoms with van der Waals surface area (Å²) < 4.78 is 20.2. The van der Waals surface area contributed by atoms with Gasteiger partial charge in [-0.15, -0.1) is 5.10 Å². The summed E-state index contributed by atoms with van der Waals surface area (Å²) in [4.78, 5) is 21.5. The van der Waals surface area contributed by atoms with Gasteiger partial charge < -0.3 is 4.74 Å². The average molecular weight is 390 g/mol. The summed E-state index contributed by atoms with van der Waals surface area (Å²) in [7, 11) is 0. The molecule has 0 N–H and O–H groups in total. The van der Waals surface area contributed by atoms with Crippen LogP contribution in [0.2, 0.25) is 0 Å². The van der Waals surface area contributed by atoms with E-state index in [1.807, 2.05) is 24.3 Å². The fourth-order valence-corrected chi connectivity index (χ4v) is 2.69. The van der Waals surface area contributed by atoms with Gasteiger partial charge in [0, 0.05) is 0 Å². The maximum atomic E-state index is 13.5. The zero-order valence-corrected chi connectivity index (χ0v) is 15.4. The van der Waals surface area contributed by atoms with Crippen LogP contribution in [0.15, 0.2) is 54.7 Å². The van der Waals surface area contributed by atoms with E-state index in [0.29, 0.717) is 22.6 Å². The molecule has 2 heterocycles. The molecule has 0 saturated carbocycles. The minimum atomic E-state index is -0.681. The first kappa shape index (κ1) is 18.4. The second-order valence-electron chi connectivity index (χ2n) is 6.15. The number of aromatic nitrogens is 6. The minimum absolute atomic E-state index is 0.0480. The number of rotatable bonds is 5. The Bertz CT molecular complexity index is 1220. The van der Waals surface area contributed by atoms with Gasteiger partial charge in [0.25, 0.3) is 0 Å². The highest BCUT2D eigenvalue weighted by atomic mass is 19.1. The van der Waals surface area contributed by atoms with Gasteiger partial charge in [0.05, 0.1) is 22.9 Å². The van der Waals surface area contributed by atoms with Gasteiger partial charge >= 0.3 is 5.97 Å². The average Bonchev–Trinajstić information content (AvgIpc) is 3.15. The van der Waals surface area contributed by atoms with Gasteiger partial charge in [0.1, 0.15) is 12.4 Å². The molecule has 0 spiro atoms. The Hall–Kier alpha value is -4.01. The number of hydrogen-bond acceptors (Lipinski definition) is 7. The molecule has 0 bridgehead atoms. The van der Waals surface area contributed by atoms with E-state index in [-0.39, 0.29) is 12.3 Å². The smallest absolute Gasteiger partial charge is 0.357 e. The van der Waals surface area contributed by atoms with Crippen molar-refractivity contribution in [1.82, 2.24) is 30.2 Å². The number of tetrazole rings is 1. The van der Waals surface area contributed by atoms with Crippen LogP contribution in [-0.2, 0) is 16.1 Å². The second-order valence-corrected chi connectivity index (χ2v) is 6.15. The van der Waals surface area contributed by atoms with Crippen LogP contribution in [0, 0.1) is 12.7 Å². The van der Waals surface area contributed by atoms with Gasteiger partial charge in [0.2, 0.25) is 0 Å². The number of fused-ring (bicyclic) bond motifs is 1. The molecule has 0 aliphatic heterocycles. The van der Waals surface area contributed by atoms with Crippen LogP contribution < -0.4 is 0 Å². The molecule has 0 saturated heterocycles. The Morgan fingerprint density at radius 3 is 2.76 bits per heavy atom. The fraction of sp³-hybridized carbons (Fsp3) is 0.100. The Balaban J connectivity index is 1.60. The summed E-state index contributed by atoms with van der Waals surface area (Å²) in [5, 5.41) is 11.2. The highest BCUT2D eigenvalue weighted by molar-refractivity contribution is 6.15. The van der Waals surface area contributed by atoms with E-state index in [4.69, 9.17) is 4.74 Å². The molecule has 8 nitrogen and oxygen atoms in total. The van der Waals surface area contributed by atoms with Crippen molar-refractivity contribution in [3.63, 3.8) is 0 Å². The molecule has 29 heavy (non-hydrogen) atoms. The van der Waals surface area contributed by atoms with Crippen LogP contribution in [-0.4, -0.2) is 36.1 Å². The third-order valence-electron chi connectivity index (χ3n) is 4.06. The Kier molecular flexibility index (Phi) is 5.02. The van der Waals surface area contributed by atoms with Gasteiger partial charge in [0.15, 0.2) is 11.5 Å². The highest BCUT2D eigenvalue weighted by Gasteiger charge is 2.18. The number of aryl methyl sites for hydroxylation is 1. The molecular weight excluding hydrogens is 375 g/mol. The summed E-state index contributed by atoms with van der Waals surface area (Å²) in [6, 6.07) is 13.2. The molecular formula is C20H15FN6O2. The lowest BCUT2D eigenvalue weighted by Gasteiger charge is -2.09. The van der Waals surface area contributed by atoms with Crippen molar-refractivity contribution in [2.75, 3.05) is 0 Å². The van der Waals surface area contributed by atoms with Crippen LogP contribution in [0.3, 0.4) is 0 Å². The number of esters is 1. The van der Waals surface area contributed by atoms with Crippen LogP contribution in [0.25, 0.3) is 22.8 Å². The van der Waals surface area contributed by atoms with E-state index in [1.165, 1.54) is 22.9 Å². The van der Waals surface area contributed by atoms with E-state index in [2.05, 4.69) is 25.5 Å². The van der Waals surface area contributed by atoms with E-state index in [9.17, 15) is 9.18 Å². The number of benzene rings is 2. The Labute approximate surface area is 164 Å². The quantitative estimate of drug-likeness (QED) is 0.382. The van der Waals surface area contributed by atoms with Gasteiger partial charge in [-0.05, 0) is 53.3 Å². The van der Waals surface area contributed by atoms with Gasteiger partial charge in [-0.3, -0.25) is 4.98 Å². The maximum absolute atomic E-state index is 13.5. The number of hydrogen-bond donors (Lipinski definition) is 0. The standard InChI is InChI=1S/C20H15FN6O2/c1-13-24-25-26-27(13)19(10-14-5-4-6-15(21)9-14)20(28)29-12-16-11-22-17-7-2-3-8-18(17)23-16/h2-11H,12H2,1H3/b19-10-. The van der Waals surface area contributed by atoms with Crippen molar-refractivity contribution < 1.29 is 13.9 Å². The van der Waals surface area contributed by atoms with E-state index < -0.39 is 11.8 Å². The van der Waals surface area contributed by atoms with Crippen molar-refractivity contribution in [1.29, 1.82) is 0 Å². The summed E-state index contributed by atoms with van der Waals surface area (Å²) >= 11 is 0. The molecule has 144 valence electrons. The number of nitrogens with zero attached hydrogens (tertiary/aromatic N) is 6. The first-order valence-corrected chi connectivity index (χ1v) is 8.70. The van der Waals surface area contributed by atoms with Crippen molar-refractivity contribution >= 4 is 28.8 Å². The molecule has 0 radical (unpaired) electrons. The van der Waals surface area contributed by atoms with E-state index in [1.54, 1.807) is 25.3 Å². The summed E-state index contributed by atoms with van der Waals surface area (Å²) in [5.41, 5.74) is 2.46. The molecule has 2 aromatic carbocycles. The van der Waals surface area contributed by atoms with E-state index >= 15 is 0 Å². The van der Waals surface area contributed by atoms with Gasteiger partial charge in [-0.2, -0.15) is 4.68 Å². The molecule has 0 aliphatic carbocycles. The van der Waals surface area contributed by atoms with Crippen LogP contribution in [0.1, 0.15) is 17.1 Å². The Morgan fingerprint density at radius 2 is 2.00 bits per heavy atom. The lowest BCUT2D eigenvalue weighted by Crippen LogP contribution is -2.15. The SMILES string of the molecule is Cc1nnnn1/C(=C\c1cccc(F)c1)C(=O)OCc1cnc2ccccc2n1. The molecule has 0 atom stereocenters. The lowest BCUT2D eigenvalue weighted by molar-refractivity contribution is -0.138. The lowest BCUT2D eigenvalue weighted by atomic mass is 10.2. The molecule has 4 rings (SSSR count). The molecule has 0 amide bonds. The summed E-state index contributed by atoms with van der Waals surface area (Å²) in [6.45, 7) is 1.56. The van der Waals surface area contributed by atoms with Crippen LogP contribution in [0.5, 0.6) is 0 Å². The first-order valence-electron chi connectivity index (χ1n) is 8.70. The van der Waals surface area contributed by atoms with Crippen molar-refractivity contribution in [2.45, 2.75) is 13.5 Å². The predicted octanol–water partition coefficient (Wildman–Crippen LogP) is 2.81. The zero-order chi connectivity index (χ0) is 20.2.